The average Bonchev–Trinajstić information content (AvgIpc) is 3.08. The second-order valence-electron chi connectivity index (χ2n) is 6.93. The van der Waals surface area contributed by atoms with Gasteiger partial charge in [-0.15, -0.1) is 11.8 Å². The maximum atomic E-state index is 12.3. The molecule has 2 N–H and O–H groups in total. The lowest BCUT2D eigenvalue weighted by Gasteiger charge is -2.46. The first-order valence-corrected chi connectivity index (χ1v) is 10.3. The topological polar surface area (TPSA) is 93.4 Å². The molecular weight excluding hydrogens is 362 g/mol. The van der Waals surface area contributed by atoms with Gasteiger partial charge in [0.2, 0.25) is 5.91 Å². The van der Waals surface area contributed by atoms with Crippen molar-refractivity contribution in [2.24, 2.45) is 16.8 Å². The van der Waals surface area contributed by atoms with Crippen molar-refractivity contribution in [3.63, 3.8) is 0 Å². The Labute approximate surface area is 154 Å². The van der Waals surface area contributed by atoms with Crippen LogP contribution >= 0.6 is 23.5 Å². The molecule has 0 bridgehead atoms. The lowest BCUT2D eigenvalue weighted by Crippen LogP contribution is -2.63. The van der Waals surface area contributed by atoms with Gasteiger partial charge in [0.1, 0.15) is 5.70 Å². The molecule has 4 atom stereocenters. The predicted octanol–water partition coefficient (Wildman–Crippen LogP) is 0.660. The number of nitrogens with zero attached hydrogens (tertiary/aromatic N) is 3. The Kier molecular flexibility index (Phi) is 4.28. The van der Waals surface area contributed by atoms with Gasteiger partial charge in [0, 0.05) is 34.9 Å². The molecule has 4 unspecified atom stereocenters. The van der Waals surface area contributed by atoms with E-state index in [4.69, 9.17) is 0 Å². The number of likely N-dealkylation sites (tertiary alicyclic amines) is 1. The highest BCUT2D eigenvalue weighted by Crippen LogP contribution is 2.52. The van der Waals surface area contributed by atoms with Gasteiger partial charge in [0.15, 0.2) is 5.17 Å². The van der Waals surface area contributed by atoms with Crippen LogP contribution in [0.2, 0.25) is 0 Å². The van der Waals surface area contributed by atoms with E-state index in [1.807, 2.05) is 6.92 Å². The number of fused-ring (bicyclic) bond motifs is 1. The molecule has 25 heavy (non-hydrogen) atoms. The van der Waals surface area contributed by atoms with Gasteiger partial charge in [-0.05, 0) is 6.92 Å². The number of aliphatic hydroxyl groups excluding tert-OH is 1. The molecule has 1 amide bonds. The van der Waals surface area contributed by atoms with E-state index in [0.29, 0.717) is 5.25 Å². The molecule has 7 nitrogen and oxygen atoms in total. The highest BCUT2D eigenvalue weighted by molar-refractivity contribution is 8.14. The third kappa shape index (κ3) is 2.59. The second-order valence-corrected chi connectivity index (χ2v) is 9.33. The Hall–Kier alpha value is -1.19. The normalized spacial score (nSPS) is 33.2. The third-order valence-electron chi connectivity index (χ3n) is 5.29. The zero-order chi connectivity index (χ0) is 17.9. The molecule has 0 aromatic carbocycles. The van der Waals surface area contributed by atoms with Gasteiger partial charge in [-0.3, -0.25) is 9.79 Å². The monoisotopic (exact) mass is 383 g/mol. The number of hydrogen-bond acceptors (Lipinski definition) is 7. The molecule has 2 fully saturated rings. The number of rotatable bonds is 4. The van der Waals surface area contributed by atoms with E-state index in [1.54, 1.807) is 30.4 Å². The van der Waals surface area contributed by atoms with Crippen LogP contribution in [0.3, 0.4) is 0 Å². The molecule has 9 heteroatoms. The number of aliphatic imine (C=N–C) groups is 1. The fourth-order valence-electron chi connectivity index (χ4n) is 4.04. The van der Waals surface area contributed by atoms with Crippen molar-refractivity contribution in [3.8, 4) is 0 Å². The molecule has 0 radical (unpaired) electrons. The number of aliphatic hydroxyl groups is 1. The largest absolute Gasteiger partial charge is 0.477 e. The Morgan fingerprint density at radius 1 is 1.44 bits per heavy atom. The van der Waals surface area contributed by atoms with Crippen LogP contribution in [0.1, 0.15) is 13.8 Å². The van der Waals surface area contributed by atoms with Gasteiger partial charge < -0.3 is 20.0 Å². The van der Waals surface area contributed by atoms with Crippen molar-refractivity contribution in [2.45, 2.75) is 31.2 Å². The average molecular weight is 383 g/mol. The second kappa shape index (κ2) is 6.21. The minimum absolute atomic E-state index is 0.0550. The Morgan fingerprint density at radius 2 is 2.16 bits per heavy atom. The van der Waals surface area contributed by atoms with Crippen molar-refractivity contribution < 1.29 is 19.8 Å². The zero-order valence-corrected chi connectivity index (χ0v) is 15.7. The van der Waals surface area contributed by atoms with Crippen LogP contribution in [0.5, 0.6) is 0 Å². The Bertz CT molecular complexity index is 687. The van der Waals surface area contributed by atoms with Gasteiger partial charge in [-0.1, -0.05) is 18.7 Å². The first kappa shape index (κ1) is 17.2. The standard InChI is InChI=1S/C16H21N3O4S2/c1-7-11-10(8(2)20)14(21)19(11)12(15(22)23)13(7)25-9-5-18(6-9)16-17-3-4-24-16/h7-11,20H,3-6H2,1-2H3,(H,22,23). The van der Waals surface area contributed by atoms with Gasteiger partial charge in [-0.2, -0.15) is 0 Å². The van der Waals surface area contributed by atoms with E-state index < -0.39 is 18.0 Å². The number of carbonyl (C=O) groups is 2. The number of carbonyl (C=O) groups excluding carboxylic acids is 1. The summed E-state index contributed by atoms with van der Waals surface area (Å²) in [6, 6.07) is -0.230. The minimum Gasteiger partial charge on any atom is -0.477 e. The summed E-state index contributed by atoms with van der Waals surface area (Å²) in [7, 11) is 0. The van der Waals surface area contributed by atoms with Crippen molar-refractivity contribution in [1.29, 1.82) is 0 Å². The molecule has 0 aliphatic carbocycles. The highest BCUT2D eigenvalue weighted by Gasteiger charge is 2.60. The third-order valence-corrected chi connectivity index (χ3v) is 7.78. The van der Waals surface area contributed by atoms with Crippen LogP contribution in [-0.4, -0.2) is 79.8 Å². The van der Waals surface area contributed by atoms with Crippen molar-refractivity contribution >= 4 is 40.6 Å². The number of thioether (sulfide) groups is 2. The zero-order valence-electron chi connectivity index (χ0n) is 14.1. The van der Waals surface area contributed by atoms with Crippen LogP contribution in [0.4, 0.5) is 0 Å². The fraction of sp³-hybridized carbons (Fsp3) is 0.688. The van der Waals surface area contributed by atoms with Crippen LogP contribution in [-0.2, 0) is 9.59 Å². The van der Waals surface area contributed by atoms with Crippen LogP contribution in [0.25, 0.3) is 0 Å². The summed E-state index contributed by atoms with van der Waals surface area (Å²) in [5, 5.41) is 20.9. The maximum Gasteiger partial charge on any atom is 0.353 e. The molecule has 0 saturated carbocycles. The van der Waals surface area contributed by atoms with E-state index in [2.05, 4.69) is 9.89 Å². The van der Waals surface area contributed by atoms with E-state index in [0.717, 1.165) is 35.5 Å². The number of carboxylic acids is 1. The molecule has 4 aliphatic heterocycles. The summed E-state index contributed by atoms with van der Waals surface area (Å²) in [6.07, 6.45) is -0.757. The smallest absolute Gasteiger partial charge is 0.353 e. The molecule has 0 aromatic rings. The number of aliphatic carboxylic acids is 1. The van der Waals surface area contributed by atoms with E-state index >= 15 is 0 Å². The molecule has 0 aromatic heterocycles. The molecule has 4 rings (SSSR count). The number of carboxylic acid groups (broad SMARTS) is 1. The fourth-order valence-corrected chi connectivity index (χ4v) is 6.44. The summed E-state index contributed by atoms with van der Waals surface area (Å²) in [5.41, 5.74) is 0.121. The quantitative estimate of drug-likeness (QED) is 0.689. The summed E-state index contributed by atoms with van der Waals surface area (Å²) in [5.74, 6) is -0.841. The lowest BCUT2D eigenvalue weighted by atomic mass is 9.79. The van der Waals surface area contributed by atoms with Crippen molar-refractivity contribution in [2.75, 3.05) is 25.4 Å². The molecular formula is C16H21N3O4S2. The summed E-state index contributed by atoms with van der Waals surface area (Å²) < 4.78 is 0. The molecule has 4 heterocycles. The lowest BCUT2D eigenvalue weighted by molar-refractivity contribution is -0.163. The summed E-state index contributed by atoms with van der Waals surface area (Å²) in [4.78, 5) is 33.0. The van der Waals surface area contributed by atoms with E-state index in [1.165, 1.54) is 4.90 Å². The van der Waals surface area contributed by atoms with Gasteiger partial charge in [-0.25, -0.2) is 4.79 Å². The highest BCUT2D eigenvalue weighted by atomic mass is 32.2. The minimum atomic E-state index is -1.05. The number of amides is 1. The van der Waals surface area contributed by atoms with E-state index in [9.17, 15) is 19.8 Å². The Morgan fingerprint density at radius 3 is 2.72 bits per heavy atom. The maximum absolute atomic E-state index is 12.3. The van der Waals surface area contributed by atoms with Crippen molar-refractivity contribution in [3.05, 3.63) is 10.6 Å². The molecule has 0 spiro atoms. The van der Waals surface area contributed by atoms with Gasteiger partial charge >= 0.3 is 5.97 Å². The first-order valence-electron chi connectivity index (χ1n) is 8.47. The van der Waals surface area contributed by atoms with Crippen LogP contribution in [0.15, 0.2) is 15.6 Å². The van der Waals surface area contributed by atoms with Crippen LogP contribution in [0, 0.1) is 11.8 Å². The molecule has 4 aliphatic rings. The predicted molar refractivity (Wildman–Crippen MR) is 97.3 cm³/mol. The first-order chi connectivity index (χ1) is 11.9. The summed E-state index contributed by atoms with van der Waals surface area (Å²) >= 11 is 3.35. The van der Waals surface area contributed by atoms with Crippen molar-refractivity contribution in [1.82, 2.24) is 9.80 Å². The Balaban J connectivity index is 1.49. The summed E-state index contributed by atoms with van der Waals surface area (Å²) in [6.45, 7) is 6.16. The SMILES string of the molecule is CC(O)C1C(=O)N2C(C(=O)O)=C(SC3CN(C4=NCCS4)C3)C(C)C12. The molecule has 136 valence electrons. The number of amidine groups is 1. The van der Waals surface area contributed by atoms with Crippen LogP contribution < -0.4 is 0 Å². The van der Waals surface area contributed by atoms with Gasteiger partial charge in [0.25, 0.3) is 0 Å². The van der Waals surface area contributed by atoms with Gasteiger partial charge in [0.05, 0.1) is 24.6 Å². The number of hydrogen-bond donors (Lipinski definition) is 2. The number of β-lactam (4-membered cyclic amide) rings is 1. The van der Waals surface area contributed by atoms with E-state index in [-0.39, 0.29) is 23.6 Å². The molecule has 2 saturated heterocycles.